The summed E-state index contributed by atoms with van der Waals surface area (Å²) in [5, 5.41) is 2.75. The number of aromatic nitrogens is 1. The summed E-state index contributed by atoms with van der Waals surface area (Å²) < 4.78 is 40.1. The molecule has 184 valence electrons. The Kier molecular flexibility index (Phi) is 9.26. The van der Waals surface area contributed by atoms with Crippen molar-refractivity contribution < 1.29 is 18.0 Å². The predicted molar refractivity (Wildman–Crippen MR) is 132 cm³/mol. The van der Waals surface area contributed by atoms with Crippen LogP contribution in [0.5, 0.6) is 0 Å². The largest absolute Gasteiger partial charge is 0.433 e. The van der Waals surface area contributed by atoms with Crippen LogP contribution in [0.2, 0.25) is 0 Å². The van der Waals surface area contributed by atoms with Crippen LogP contribution in [0.15, 0.2) is 42.6 Å². The maximum absolute atomic E-state index is 13.4. The van der Waals surface area contributed by atoms with Gasteiger partial charge >= 0.3 is 6.18 Å². The molecule has 6 nitrogen and oxygen atoms in total. The molecule has 0 saturated heterocycles. The maximum Gasteiger partial charge on any atom is 0.433 e. The molecule has 1 atom stereocenters. The first-order chi connectivity index (χ1) is 15.9. The fourth-order valence-corrected chi connectivity index (χ4v) is 3.39. The van der Waals surface area contributed by atoms with Crippen LogP contribution in [0, 0.1) is 12.8 Å². The molecule has 1 aromatic heterocycles. The standard InChI is InChI=1S/C25H32F3N5O/c1-16(2)14-33(15-18(4)30)24-19(6-9-22(32-24)25(26,27)28)7-10-23(34)31-21-8-5-17(3)20(13-21)11-12-29/h5-13,16,18H,14-15,29-30H2,1-4H3,(H,31,34)/b10-7+,12-11-. The molecular formula is C25H32F3N5O. The van der Waals surface area contributed by atoms with Gasteiger partial charge in [-0.1, -0.05) is 19.9 Å². The Morgan fingerprint density at radius 1 is 1.12 bits per heavy atom. The smallest absolute Gasteiger partial charge is 0.405 e. The molecule has 0 spiro atoms. The SMILES string of the molecule is Cc1ccc(NC(=O)/C=C/c2ccc(C(F)(F)F)nc2N(CC(C)C)CC(C)N)cc1/C=C\N. The minimum absolute atomic E-state index is 0.135. The molecule has 1 aromatic carbocycles. The highest BCUT2D eigenvalue weighted by molar-refractivity contribution is 6.02. The van der Waals surface area contributed by atoms with E-state index >= 15 is 0 Å². The third-order valence-corrected chi connectivity index (χ3v) is 4.83. The summed E-state index contributed by atoms with van der Waals surface area (Å²) in [7, 11) is 0. The first kappa shape index (κ1) is 26.9. The summed E-state index contributed by atoms with van der Waals surface area (Å²) in [6, 6.07) is 7.33. The zero-order chi connectivity index (χ0) is 25.5. The Balaban J connectivity index is 2.37. The van der Waals surface area contributed by atoms with Gasteiger partial charge in [-0.05, 0) is 73.5 Å². The number of nitrogens with one attached hydrogen (secondary N) is 1. The van der Waals surface area contributed by atoms with E-state index in [0.717, 1.165) is 17.2 Å². The van der Waals surface area contributed by atoms with E-state index in [1.807, 2.05) is 26.8 Å². The van der Waals surface area contributed by atoms with Crippen LogP contribution in [0.3, 0.4) is 0 Å². The first-order valence-corrected chi connectivity index (χ1v) is 11.0. The molecule has 0 aliphatic carbocycles. The van der Waals surface area contributed by atoms with Gasteiger partial charge in [0.15, 0.2) is 0 Å². The van der Waals surface area contributed by atoms with Crippen molar-refractivity contribution in [3.8, 4) is 0 Å². The number of pyridine rings is 1. The monoisotopic (exact) mass is 475 g/mol. The zero-order valence-corrected chi connectivity index (χ0v) is 19.9. The molecular weight excluding hydrogens is 443 g/mol. The van der Waals surface area contributed by atoms with Gasteiger partial charge in [0.1, 0.15) is 11.5 Å². The molecule has 2 rings (SSSR count). The number of nitrogens with zero attached hydrogens (tertiary/aromatic N) is 2. The Labute approximate surface area is 198 Å². The van der Waals surface area contributed by atoms with Crippen molar-refractivity contribution in [2.75, 3.05) is 23.3 Å². The summed E-state index contributed by atoms with van der Waals surface area (Å²) in [6.07, 6.45) is 1.28. The number of anilines is 2. The van der Waals surface area contributed by atoms with Crippen molar-refractivity contribution in [3.05, 3.63) is 65.0 Å². The fourth-order valence-electron chi connectivity index (χ4n) is 3.39. The number of benzene rings is 1. The number of rotatable bonds is 9. The fraction of sp³-hybridized carbons (Fsp3) is 0.360. The van der Waals surface area contributed by atoms with E-state index < -0.39 is 17.8 Å². The van der Waals surface area contributed by atoms with Crippen molar-refractivity contribution >= 4 is 29.6 Å². The van der Waals surface area contributed by atoms with Crippen LogP contribution < -0.4 is 21.7 Å². The lowest BCUT2D eigenvalue weighted by molar-refractivity contribution is -0.141. The highest BCUT2D eigenvalue weighted by Crippen LogP contribution is 2.31. The van der Waals surface area contributed by atoms with Crippen molar-refractivity contribution in [2.45, 2.75) is 39.9 Å². The van der Waals surface area contributed by atoms with Crippen LogP contribution in [-0.4, -0.2) is 30.0 Å². The van der Waals surface area contributed by atoms with Crippen LogP contribution in [-0.2, 0) is 11.0 Å². The van der Waals surface area contributed by atoms with Gasteiger partial charge in [0, 0.05) is 36.5 Å². The van der Waals surface area contributed by atoms with Crippen molar-refractivity contribution in [2.24, 2.45) is 17.4 Å². The summed E-state index contributed by atoms with van der Waals surface area (Å²) in [6.45, 7) is 8.40. The average molecular weight is 476 g/mol. The molecule has 0 bridgehead atoms. The number of amides is 1. The van der Waals surface area contributed by atoms with E-state index in [1.54, 1.807) is 30.0 Å². The van der Waals surface area contributed by atoms with E-state index in [1.165, 1.54) is 24.4 Å². The Hall–Kier alpha value is -3.33. The number of halogens is 3. The van der Waals surface area contributed by atoms with E-state index in [2.05, 4.69) is 10.3 Å². The Morgan fingerprint density at radius 3 is 2.41 bits per heavy atom. The minimum atomic E-state index is -4.59. The third-order valence-electron chi connectivity index (χ3n) is 4.83. The molecule has 5 N–H and O–H groups in total. The van der Waals surface area contributed by atoms with Crippen LogP contribution in [0.1, 0.15) is 43.2 Å². The van der Waals surface area contributed by atoms with Crippen molar-refractivity contribution in [1.29, 1.82) is 0 Å². The quantitative estimate of drug-likeness (QED) is 0.453. The number of carbonyl (C=O) groups excluding carboxylic acids is 1. The van der Waals surface area contributed by atoms with E-state index in [9.17, 15) is 18.0 Å². The molecule has 1 heterocycles. The van der Waals surface area contributed by atoms with Crippen LogP contribution in [0.4, 0.5) is 24.7 Å². The summed E-state index contributed by atoms with van der Waals surface area (Å²) in [5.74, 6) is -0.135. The molecule has 0 saturated carbocycles. The van der Waals surface area contributed by atoms with Gasteiger partial charge in [-0.15, -0.1) is 0 Å². The van der Waals surface area contributed by atoms with Gasteiger partial charge < -0.3 is 21.7 Å². The number of hydrogen-bond donors (Lipinski definition) is 3. The number of alkyl halides is 3. The molecule has 2 aromatic rings. The minimum Gasteiger partial charge on any atom is -0.405 e. The normalized spacial score (nSPS) is 13.1. The summed E-state index contributed by atoms with van der Waals surface area (Å²) in [5.41, 5.74) is 13.2. The molecule has 0 aliphatic rings. The molecule has 1 unspecified atom stereocenters. The lowest BCUT2D eigenvalue weighted by Gasteiger charge is -2.29. The molecule has 0 aliphatic heterocycles. The van der Waals surface area contributed by atoms with E-state index in [-0.39, 0.29) is 17.8 Å². The molecule has 9 heteroatoms. The lowest BCUT2D eigenvalue weighted by atomic mass is 10.1. The highest BCUT2D eigenvalue weighted by atomic mass is 19.4. The summed E-state index contributed by atoms with van der Waals surface area (Å²) >= 11 is 0. The third kappa shape index (κ3) is 7.91. The molecule has 1 amide bonds. The van der Waals surface area contributed by atoms with Gasteiger partial charge in [0.05, 0.1) is 0 Å². The topological polar surface area (TPSA) is 97.3 Å². The van der Waals surface area contributed by atoms with E-state index in [4.69, 9.17) is 11.5 Å². The molecule has 0 radical (unpaired) electrons. The lowest BCUT2D eigenvalue weighted by Crippen LogP contribution is -2.39. The number of hydrogen-bond acceptors (Lipinski definition) is 5. The highest BCUT2D eigenvalue weighted by Gasteiger charge is 2.33. The second kappa shape index (κ2) is 11.7. The number of nitrogens with two attached hydrogens (primary N) is 2. The second-order valence-electron chi connectivity index (χ2n) is 8.64. The molecule has 34 heavy (non-hydrogen) atoms. The average Bonchev–Trinajstić information content (AvgIpc) is 2.73. The van der Waals surface area contributed by atoms with E-state index in [0.29, 0.717) is 24.3 Å². The zero-order valence-electron chi connectivity index (χ0n) is 19.9. The second-order valence-corrected chi connectivity index (χ2v) is 8.64. The van der Waals surface area contributed by atoms with Gasteiger partial charge in [0.25, 0.3) is 0 Å². The predicted octanol–water partition coefficient (Wildman–Crippen LogP) is 4.80. The van der Waals surface area contributed by atoms with Crippen molar-refractivity contribution in [1.82, 2.24) is 4.98 Å². The number of carbonyl (C=O) groups is 1. The van der Waals surface area contributed by atoms with Gasteiger partial charge in [-0.3, -0.25) is 4.79 Å². The first-order valence-electron chi connectivity index (χ1n) is 11.0. The van der Waals surface area contributed by atoms with Gasteiger partial charge in [-0.2, -0.15) is 13.2 Å². The van der Waals surface area contributed by atoms with Gasteiger partial charge in [-0.25, -0.2) is 4.98 Å². The van der Waals surface area contributed by atoms with Crippen LogP contribution in [0.25, 0.3) is 12.2 Å². The Morgan fingerprint density at radius 2 is 1.82 bits per heavy atom. The van der Waals surface area contributed by atoms with Crippen molar-refractivity contribution in [3.63, 3.8) is 0 Å². The van der Waals surface area contributed by atoms with Gasteiger partial charge in [0.2, 0.25) is 5.91 Å². The summed E-state index contributed by atoms with van der Waals surface area (Å²) in [4.78, 5) is 18.2. The van der Waals surface area contributed by atoms with Crippen LogP contribution >= 0.6 is 0 Å². The molecule has 0 fully saturated rings. The maximum atomic E-state index is 13.4. The Bertz CT molecular complexity index is 1040. The number of aryl methyl sites for hydroxylation is 1.